The van der Waals surface area contributed by atoms with Crippen LogP contribution in [-0.2, 0) is 14.8 Å². The lowest BCUT2D eigenvalue weighted by molar-refractivity contribution is 0.0600. The third-order valence-corrected chi connectivity index (χ3v) is 8.37. The van der Waals surface area contributed by atoms with Crippen LogP contribution in [0.15, 0.2) is 77.7 Å². The minimum absolute atomic E-state index is 0.0338. The van der Waals surface area contributed by atoms with Crippen LogP contribution in [0.25, 0.3) is 0 Å². The lowest BCUT2D eigenvalue weighted by atomic mass is 9.77. The number of carbonyl (C=O) groups excluding carboxylic acids is 1. The molecule has 3 atom stereocenters. The number of aryl methyl sites for hydroxylation is 1. The second kappa shape index (κ2) is 9.06. The number of hydrogen-bond acceptors (Lipinski definition) is 5. The molecule has 0 bridgehead atoms. The Morgan fingerprint density at radius 3 is 2.57 bits per heavy atom. The molecule has 0 radical (unpaired) electrons. The van der Waals surface area contributed by atoms with Crippen molar-refractivity contribution < 1.29 is 17.9 Å². The van der Waals surface area contributed by atoms with E-state index in [9.17, 15) is 13.2 Å². The summed E-state index contributed by atoms with van der Waals surface area (Å²) in [5, 5.41) is 4.16. The highest BCUT2D eigenvalue weighted by molar-refractivity contribution is 7.92. The van der Waals surface area contributed by atoms with Gasteiger partial charge in [0.1, 0.15) is 0 Å². The fourth-order valence-corrected chi connectivity index (χ4v) is 6.35. The van der Waals surface area contributed by atoms with Crippen molar-refractivity contribution in [3.05, 3.63) is 100 Å². The number of rotatable bonds is 5. The molecule has 2 N–H and O–H groups in total. The van der Waals surface area contributed by atoms with Gasteiger partial charge in [0.05, 0.1) is 29.3 Å². The number of nitrogens with one attached hydrogen (secondary N) is 2. The first-order chi connectivity index (χ1) is 16.8. The summed E-state index contributed by atoms with van der Waals surface area (Å²) in [6.07, 6.45) is 5.19. The van der Waals surface area contributed by atoms with Crippen LogP contribution in [0, 0.1) is 12.8 Å². The summed E-state index contributed by atoms with van der Waals surface area (Å²) in [6.45, 7) is 1.81. The number of methoxy groups -OCH3 is 1. The van der Waals surface area contributed by atoms with Crippen molar-refractivity contribution in [2.45, 2.75) is 30.2 Å². The van der Waals surface area contributed by atoms with Crippen LogP contribution in [0.5, 0.6) is 0 Å². The van der Waals surface area contributed by atoms with E-state index >= 15 is 0 Å². The molecule has 3 aromatic carbocycles. The third kappa shape index (κ3) is 4.42. The first-order valence-electron chi connectivity index (χ1n) is 11.3. The zero-order valence-electron chi connectivity index (χ0n) is 19.3. The molecule has 0 amide bonds. The molecule has 0 aromatic heterocycles. The summed E-state index contributed by atoms with van der Waals surface area (Å²) in [4.78, 5) is 12.0. The maximum atomic E-state index is 13.2. The van der Waals surface area contributed by atoms with Gasteiger partial charge in [0.25, 0.3) is 10.0 Å². The number of anilines is 2. The molecule has 0 spiro atoms. The monoisotopic (exact) mass is 508 g/mol. The predicted molar refractivity (Wildman–Crippen MR) is 138 cm³/mol. The molecule has 0 saturated heterocycles. The lowest BCUT2D eigenvalue weighted by Gasteiger charge is -2.37. The minimum atomic E-state index is -3.78. The molecule has 3 aromatic rings. The molecule has 180 valence electrons. The Hall–Kier alpha value is -3.29. The number of ether oxygens (including phenoxy) is 1. The van der Waals surface area contributed by atoms with E-state index in [1.165, 1.54) is 7.11 Å². The SMILES string of the molecule is COC(=O)c1ccc([C@H]2Nc3ccc(S(=O)(=O)Nc4ccc(Cl)cc4C)cc3[C@H]3C=CC[C@H]32)cc1. The van der Waals surface area contributed by atoms with Crippen LogP contribution in [-0.4, -0.2) is 21.5 Å². The van der Waals surface area contributed by atoms with Gasteiger partial charge in [-0.1, -0.05) is 35.9 Å². The molecule has 1 aliphatic heterocycles. The molecule has 1 heterocycles. The Balaban J connectivity index is 1.45. The van der Waals surface area contributed by atoms with Crippen molar-refractivity contribution >= 4 is 39.0 Å². The summed E-state index contributed by atoms with van der Waals surface area (Å²) in [7, 11) is -2.41. The van der Waals surface area contributed by atoms with Gasteiger partial charge in [-0.15, -0.1) is 0 Å². The topological polar surface area (TPSA) is 84.5 Å². The first kappa shape index (κ1) is 23.5. The van der Waals surface area contributed by atoms with E-state index in [0.717, 1.165) is 28.8 Å². The molecule has 5 rings (SSSR count). The van der Waals surface area contributed by atoms with Gasteiger partial charge in [-0.2, -0.15) is 0 Å². The number of benzene rings is 3. The Morgan fingerprint density at radius 2 is 1.86 bits per heavy atom. The van der Waals surface area contributed by atoms with Crippen LogP contribution in [0.3, 0.4) is 0 Å². The molecule has 35 heavy (non-hydrogen) atoms. The molecular weight excluding hydrogens is 484 g/mol. The summed E-state index contributed by atoms with van der Waals surface area (Å²) >= 11 is 6.01. The number of esters is 1. The largest absolute Gasteiger partial charge is 0.465 e. The van der Waals surface area contributed by atoms with Gasteiger partial charge >= 0.3 is 5.97 Å². The third-order valence-electron chi connectivity index (χ3n) is 6.77. The maximum Gasteiger partial charge on any atom is 0.337 e. The standard InChI is InChI=1S/C27H25ClN2O4S/c1-16-14-19(28)10-12-24(16)30-35(32,33)20-11-13-25-23(15-20)21-4-3-5-22(21)26(29-25)17-6-8-18(9-7-17)27(31)34-2/h3-4,6-15,21-22,26,29-30H,5H2,1-2H3/t21-,22+,26+/m0/s1. The molecule has 0 fully saturated rings. The Morgan fingerprint density at radius 1 is 1.09 bits per heavy atom. The van der Waals surface area contributed by atoms with Gasteiger partial charge in [0.15, 0.2) is 0 Å². The number of allylic oxidation sites excluding steroid dienone is 2. The maximum absolute atomic E-state index is 13.2. The fourth-order valence-electron chi connectivity index (χ4n) is 4.96. The Kier molecular flexibility index (Phi) is 6.07. The van der Waals surface area contributed by atoms with Crippen molar-refractivity contribution in [1.29, 1.82) is 0 Å². The lowest BCUT2D eigenvalue weighted by Crippen LogP contribution is -2.29. The van der Waals surface area contributed by atoms with Crippen LogP contribution in [0.4, 0.5) is 11.4 Å². The van der Waals surface area contributed by atoms with E-state index in [-0.39, 0.29) is 28.7 Å². The molecule has 2 aliphatic rings. The average Bonchev–Trinajstić information content (AvgIpc) is 3.35. The zero-order chi connectivity index (χ0) is 24.7. The number of sulfonamides is 1. The average molecular weight is 509 g/mol. The highest BCUT2D eigenvalue weighted by Gasteiger charge is 2.38. The molecule has 0 saturated carbocycles. The summed E-state index contributed by atoms with van der Waals surface area (Å²) < 4.78 is 33.9. The molecule has 0 unspecified atom stereocenters. The highest BCUT2D eigenvalue weighted by atomic mass is 35.5. The molecular formula is C27H25ClN2O4S. The zero-order valence-corrected chi connectivity index (χ0v) is 20.9. The summed E-state index contributed by atoms with van der Waals surface area (Å²) in [5.74, 6) is -0.0464. The van der Waals surface area contributed by atoms with Crippen molar-refractivity contribution in [3.63, 3.8) is 0 Å². The Bertz CT molecular complexity index is 1430. The second-order valence-electron chi connectivity index (χ2n) is 8.90. The van der Waals surface area contributed by atoms with Crippen molar-refractivity contribution in [3.8, 4) is 0 Å². The number of carbonyl (C=O) groups is 1. The van der Waals surface area contributed by atoms with E-state index < -0.39 is 10.0 Å². The van der Waals surface area contributed by atoms with Gasteiger partial charge in [-0.05, 0) is 84.5 Å². The first-order valence-corrected chi connectivity index (χ1v) is 13.2. The van der Waals surface area contributed by atoms with Crippen LogP contribution in [0.2, 0.25) is 5.02 Å². The number of fused-ring (bicyclic) bond motifs is 3. The van der Waals surface area contributed by atoms with Gasteiger partial charge in [-0.3, -0.25) is 4.72 Å². The molecule has 1 aliphatic carbocycles. The quantitative estimate of drug-likeness (QED) is 0.323. The fraction of sp³-hybridized carbons (Fsp3) is 0.222. The Labute approximate surface area is 210 Å². The van der Waals surface area contributed by atoms with Crippen LogP contribution >= 0.6 is 11.6 Å². The molecule has 8 heteroatoms. The smallest absolute Gasteiger partial charge is 0.337 e. The minimum Gasteiger partial charge on any atom is -0.465 e. The van der Waals surface area contributed by atoms with Crippen LogP contribution in [0.1, 0.15) is 45.4 Å². The van der Waals surface area contributed by atoms with Crippen molar-refractivity contribution in [2.75, 3.05) is 17.1 Å². The summed E-state index contributed by atoms with van der Waals surface area (Å²) in [5.41, 5.74) is 4.69. The van der Waals surface area contributed by atoms with E-state index in [4.69, 9.17) is 16.3 Å². The van der Waals surface area contributed by atoms with E-state index in [1.807, 2.05) is 25.1 Å². The van der Waals surface area contributed by atoms with E-state index in [0.29, 0.717) is 16.3 Å². The number of hydrogen-bond donors (Lipinski definition) is 2. The van der Waals surface area contributed by atoms with Crippen molar-refractivity contribution in [1.82, 2.24) is 0 Å². The van der Waals surface area contributed by atoms with Crippen molar-refractivity contribution in [2.24, 2.45) is 5.92 Å². The highest BCUT2D eigenvalue weighted by Crippen LogP contribution is 2.50. The molecule has 6 nitrogen and oxygen atoms in total. The van der Waals surface area contributed by atoms with E-state index in [2.05, 4.69) is 22.2 Å². The summed E-state index contributed by atoms with van der Waals surface area (Å²) in [6, 6.07) is 17.7. The second-order valence-corrected chi connectivity index (χ2v) is 11.0. The van der Waals surface area contributed by atoms with Gasteiger partial charge in [-0.25, -0.2) is 13.2 Å². The van der Waals surface area contributed by atoms with Gasteiger partial charge in [0, 0.05) is 16.6 Å². The van der Waals surface area contributed by atoms with Gasteiger partial charge < -0.3 is 10.1 Å². The number of halogens is 1. The van der Waals surface area contributed by atoms with Gasteiger partial charge in [0.2, 0.25) is 0 Å². The van der Waals surface area contributed by atoms with E-state index in [1.54, 1.807) is 42.5 Å². The normalized spacial score (nSPS) is 20.5. The predicted octanol–water partition coefficient (Wildman–Crippen LogP) is 6.06. The van der Waals surface area contributed by atoms with Crippen LogP contribution < -0.4 is 10.0 Å².